The summed E-state index contributed by atoms with van der Waals surface area (Å²) < 4.78 is 33.2. The van der Waals surface area contributed by atoms with Crippen molar-refractivity contribution in [3.05, 3.63) is 24.3 Å². The van der Waals surface area contributed by atoms with Crippen LogP contribution in [0.5, 0.6) is 0 Å². The summed E-state index contributed by atoms with van der Waals surface area (Å²) in [5.41, 5.74) is 5.41. The Morgan fingerprint density at radius 1 is 0.366 bits per heavy atom. The molecule has 0 rings (SSSR count). The highest BCUT2D eigenvalue weighted by atomic mass is 31.2. The lowest BCUT2D eigenvalue weighted by atomic mass is 10.0. The van der Waals surface area contributed by atoms with Crippen molar-refractivity contribution in [2.24, 2.45) is 5.73 Å². The number of unbranched alkanes of at least 4 members (excludes halogenated alkanes) is 53. The number of carbonyl (C=O) groups excluding carboxylic acids is 2. The van der Waals surface area contributed by atoms with Crippen molar-refractivity contribution >= 4 is 19.8 Å². The van der Waals surface area contributed by atoms with Crippen molar-refractivity contribution in [1.82, 2.24) is 0 Å². The fraction of sp³-hybridized carbons (Fsp3) is 0.917. The van der Waals surface area contributed by atoms with E-state index < -0.39 is 26.5 Å². The van der Waals surface area contributed by atoms with Crippen LogP contribution in [0.4, 0.5) is 0 Å². The molecule has 82 heavy (non-hydrogen) atoms. The monoisotopic (exact) mass is 1180 g/mol. The average Bonchev–Trinajstić information content (AvgIpc) is 3.48. The van der Waals surface area contributed by atoms with Gasteiger partial charge in [-0.1, -0.05) is 359 Å². The molecule has 0 aromatic carbocycles. The topological polar surface area (TPSA) is 134 Å². The van der Waals surface area contributed by atoms with Gasteiger partial charge in [-0.15, -0.1) is 0 Å². The van der Waals surface area contributed by atoms with Crippen LogP contribution in [0, 0.1) is 0 Å². The summed E-state index contributed by atoms with van der Waals surface area (Å²) in [6.45, 7) is 3.82. The first kappa shape index (κ1) is 80.5. The number of phosphoric ester groups is 1. The first-order valence-corrected chi connectivity index (χ1v) is 37.8. The Hall–Kier alpha value is -1.51. The van der Waals surface area contributed by atoms with Crippen molar-refractivity contribution in [2.45, 2.75) is 399 Å². The molecule has 0 aromatic rings. The van der Waals surface area contributed by atoms with E-state index in [1.807, 2.05) is 0 Å². The van der Waals surface area contributed by atoms with Crippen LogP contribution in [0.2, 0.25) is 0 Å². The summed E-state index contributed by atoms with van der Waals surface area (Å²) in [6, 6.07) is 0. The molecule has 0 aliphatic heterocycles. The first-order valence-electron chi connectivity index (χ1n) is 36.3. The van der Waals surface area contributed by atoms with E-state index in [1.54, 1.807) is 0 Å². The Labute approximate surface area is 510 Å². The molecule has 0 aliphatic carbocycles. The molecule has 2 unspecified atom stereocenters. The molecule has 0 fully saturated rings. The Morgan fingerprint density at radius 3 is 0.927 bits per heavy atom. The van der Waals surface area contributed by atoms with E-state index in [4.69, 9.17) is 24.3 Å². The SMILES string of the molecule is CCCCCCC/C=C\C/C=C\CCCCCCCCCCCCCCCCCCCCCC(=O)OC(COC(=O)CCCCCCCCCCCCCCCCCCCCCCCCCCCCCCCC)COP(=O)(O)OCCN. The molecule has 0 heterocycles. The van der Waals surface area contributed by atoms with Gasteiger partial charge in [0.15, 0.2) is 6.10 Å². The van der Waals surface area contributed by atoms with E-state index in [1.165, 1.54) is 321 Å². The number of hydrogen-bond donors (Lipinski definition) is 2. The molecular formula is C72H140NO8P. The molecule has 0 bridgehead atoms. The van der Waals surface area contributed by atoms with Crippen LogP contribution in [-0.4, -0.2) is 49.3 Å². The number of rotatable bonds is 70. The van der Waals surface area contributed by atoms with Crippen LogP contribution in [0.15, 0.2) is 24.3 Å². The molecule has 0 saturated heterocycles. The average molecular weight is 1180 g/mol. The van der Waals surface area contributed by atoms with Gasteiger partial charge in [0.05, 0.1) is 13.2 Å². The Morgan fingerprint density at radius 2 is 0.634 bits per heavy atom. The zero-order valence-electron chi connectivity index (χ0n) is 54.8. The summed E-state index contributed by atoms with van der Waals surface area (Å²) >= 11 is 0. The smallest absolute Gasteiger partial charge is 0.462 e. The predicted molar refractivity (Wildman–Crippen MR) is 354 cm³/mol. The van der Waals surface area contributed by atoms with E-state index in [-0.39, 0.29) is 38.6 Å². The lowest BCUT2D eigenvalue weighted by Crippen LogP contribution is -2.29. The van der Waals surface area contributed by atoms with Crippen LogP contribution in [0.3, 0.4) is 0 Å². The van der Waals surface area contributed by atoms with Crippen molar-refractivity contribution < 1.29 is 37.6 Å². The maximum absolute atomic E-state index is 12.8. The molecule has 0 aliphatic rings. The summed E-state index contributed by atoms with van der Waals surface area (Å²) in [7, 11) is -4.39. The van der Waals surface area contributed by atoms with Gasteiger partial charge in [0.25, 0.3) is 0 Å². The zero-order chi connectivity index (χ0) is 59.4. The van der Waals surface area contributed by atoms with E-state index in [2.05, 4.69) is 38.2 Å². The van der Waals surface area contributed by atoms with Gasteiger partial charge in [-0.3, -0.25) is 18.6 Å². The number of nitrogens with two attached hydrogens (primary N) is 1. The molecule has 0 spiro atoms. The molecule has 2 atom stereocenters. The minimum Gasteiger partial charge on any atom is -0.462 e. The second-order valence-corrected chi connectivity index (χ2v) is 26.3. The Kier molecular flexibility index (Phi) is 67.3. The number of hydrogen-bond acceptors (Lipinski definition) is 8. The fourth-order valence-corrected chi connectivity index (χ4v) is 12.0. The first-order chi connectivity index (χ1) is 40.3. The third-order valence-electron chi connectivity index (χ3n) is 16.6. The van der Waals surface area contributed by atoms with Gasteiger partial charge in [0.1, 0.15) is 6.61 Å². The minimum atomic E-state index is -4.39. The van der Waals surface area contributed by atoms with Crippen LogP contribution in [-0.2, 0) is 32.7 Å². The van der Waals surface area contributed by atoms with Gasteiger partial charge in [0.2, 0.25) is 0 Å². The summed E-state index contributed by atoms with van der Waals surface area (Å²) in [4.78, 5) is 35.4. The van der Waals surface area contributed by atoms with Gasteiger partial charge in [-0.2, -0.15) is 0 Å². The number of phosphoric acid groups is 1. The summed E-state index contributed by atoms with van der Waals surface area (Å²) in [5, 5.41) is 0. The molecular weight excluding hydrogens is 1040 g/mol. The van der Waals surface area contributed by atoms with Crippen molar-refractivity contribution in [2.75, 3.05) is 26.4 Å². The Bertz CT molecular complexity index is 1390. The predicted octanol–water partition coefficient (Wildman–Crippen LogP) is 23.7. The largest absolute Gasteiger partial charge is 0.472 e. The summed E-state index contributed by atoms with van der Waals surface area (Å²) in [5.74, 6) is -0.801. The molecule has 0 aromatic heterocycles. The minimum absolute atomic E-state index is 0.0570. The quantitative estimate of drug-likeness (QED) is 0.0264. The Balaban J connectivity index is 3.80. The number of ether oxygens (including phenoxy) is 2. The van der Waals surface area contributed by atoms with Gasteiger partial charge in [0, 0.05) is 19.4 Å². The number of allylic oxidation sites excluding steroid dienone is 4. The van der Waals surface area contributed by atoms with Crippen molar-refractivity contribution in [3.63, 3.8) is 0 Å². The van der Waals surface area contributed by atoms with Crippen LogP contribution < -0.4 is 5.73 Å². The highest BCUT2D eigenvalue weighted by molar-refractivity contribution is 7.47. The van der Waals surface area contributed by atoms with E-state index in [0.29, 0.717) is 6.42 Å². The maximum Gasteiger partial charge on any atom is 0.472 e. The molecule has 9 nitrogen and oxygen atoms in total. The molecule has 10 heteroatoms. The number of carbonyl (C=O) groups is 2. The second kappa shape index (κ2) is 68.6. The van der Waals surface area contributed by atoms with Gasteiger partial charge >= 0.3 is 19.8 Å². The molecule has 3 N–H and O–H groups in total. The van der Waals surface area contributed by atoms with Gasteiger partial charge < -0.3 is 20.1 Å². The van der Waals surface area contributed by atoms with E-state index >= 15 is 0 Å². The molecule has 0 radical (unpaired) electrons. The molecule has 486 valence electrons. The second-order valence-electron chi connectivity index (χ2n) is 24.8. The van der Waals surface area contributed by atoms with Crippen LogP contribution in [0.25, 0.3) is 0 Å². The summed E-state index contributed by atoms with van der Waals surface area (Å²) in [6.07, 6.45) is 84.3. The van der Waals surface area contributed by atoms with E-state index in [9.17, 15) is 19.0 Å². The highest BCUT2D eigenvalue weighted by Gasteiger charge is 2.26. The zero-order valence-corrected chi connectivity index (χ0v) is 55.7. The standard InChI is InChI=1S/C72H140NO8P/c1-3-5-7-9-11-13-15-17-19-21-23-25-27-29-31-33-35-37-39-41-43-45-47-49-51-53-55-57-59-61-63-65-72(75)81-70(69-80-82(76,77)79-67-66-73)68-78-71(74)64-62-60-58-56-54-52-50-48-46-44-42-40-38-36-34-32-30-28-26-24-22-20-18-16-14-12-10-8-6-4-2/h15,17,21,23,70H,3-14,16,18-20,22,24-69,73H2,1-2H3,(H,76,77)/b17-15-,23-21-. The van der Waals surface area contributed by atoms with Crippen LogP contribution >= 0.6 is 7.82 Å². The van der Waals surface area contributed by atoms with Crippen molar-refractivity contribution in [3.8, 4) is 0 Å². The normalized spacial score (nSPS) is 13.0. The van der Waals surface area contributed by atoms with Gasteiger partial charge in [-0.25, -0.2) is 4.57 Å². The number of esters is 2. The third-order valence-corrected chi connectivity index (χ3v) is 17.6. The third kappa shape index (κ3) is 67.6. The lowest BCUT2D eigenvalue weighted by Gasteiger charge is -2.19. The fourth-order valence-electron chi connectivity index (χ4n) is 11.2. The molecule has 0 amide bonds. The maximum atomic E-state index is 12.8. The van der Waals surface area contributed by atoms with Crippen LogP contribution in [0.1, 0.15) is 393 Å². The van der Waals surface area contributed by atoms with Gasteiger partial charge in [-0.05, 0) is 44.9 Å². The van der Waals surface area contributed by atoms with E-state index in [0.717, 1.165) is 38.5 Å². The highest BCUT2D eigenvalue weighted by Crippen LogP contribution is 2.43. The molecule has 0 saturated carbocycles. The van der Waals surface area contributed by atoms with Crippen molar-refractivity contribution in [1.29, 1.82) is 0 Å². The lowest BCUT2D eigenvalue weighted by molar-refractivity contribution is -0.161.